The molecule has 1 radical (unpaired) electrons. The Balaban J connectivity index is 1.40. The van der Waals surface area contributed by atoms with Gasteiger partial charge in [0.15, 0.2) is 0 Å². The maximum Gasteiger partial charge on any atom is 0.219 e. The van der Waals surface area contributed by atoms with Gasteiger partial charge in [-0.05, 0) is 24.2 Å². The van der Waals surface area contributed by atoms with Crippen LogP contribution >= 0.6 is 0 Å². The first-order valence-electron chi connectivity index (χ1n) is 10.4. The van der Waals surface area contributed by atoms with E-state index in [0.717, 1.165) is 41.5 Å². The molecule has 1 aromatic carbocycles. The third-order valence-corrected chi connectivity index (χ3v) is 6.38. The maximum atomic E-state index is 10.8. The molecule has 7 nitrogen and oxygen atoms in total. The first kappa shape index (κ1) is 21.3. The van der Waals surface area contributed by atoms with Crippen LogP contribution in [0.2, 0.25) is 19.1 Å². The second kappa shape index (κ2) is 9.89. The van der Waals surface area contributed by atoms with E-state index in [2.05, 4.69) is 23.2 Å². The van der Waals surface area contributed by atoms with E-state index >= 15 is 0 Å². The van der Waals surface area contributed by atoms with Gasteiger partial charge in [0.25, 0.3) is 0 Å². The Hall–Kier alpha value is -2.97. The zero-order valence-electron chi connectivity index (χ0n) is 17.8. The molecule has 3 aromatic rings. The summed E-state index contributed by atoms with van der Waals surface area (Å²) in [6, 6.07) is 12.6. The molecule has 8 heteroatoms. The van der Waals surface area contributed by atoms with Gasteiger partial charge >= 0.3 is 0 Å². The van der Waals surface area contributed by atoms with Crippen molar-refractivity contribution in [2.24, 2.45) is 0 Å². The number of nitrogens with zero attached hydrogens (tertiary/aromatic N) is 3. The largest absolute Gasteiger partial charge is 0.492 e. The lowest BCUT2D eigenvalue weighted by molar-refractivity contribution is -0.108. The molecule has 1 unspecified atom stereocenters. The molecule has 3 heterocycles. The number of rotatable bonds is 10. The average molecular weight is 437 g/mol. The van der Waals surface area contributed by atoms with E-state index < -0.39 is 0 Å². The molecular weight excluding hydrogens is 410 g/mol. The third kappa shape index (κ3) is 5.21. The third-order valence-electron chi connectivity index (χ3n) is 5.18. The molecule has 4 rings (SSSR count). The fourth-order valence-electron chi connectivity index (χ4n) is 3.45. The normalized spacial score (nSPS) is 15.0. The van der Waals surface area contributed by atoms with Crippen LogP contribution in [0.4, 0.5) is 0 Å². The van der Waals surface area contributed by atoms with Gasteiger partial charge in [-0.15, -0.1) is 0 Å². The number of fused-ring (bicyclic) bond motifs is 1. The van der Waals surface area contributed by atoms with Crippen LogP contribution in [0.25, 0.3) is 11.3 Å². The highest BCUT2D eigenvalue weighted by atomic mass is 28.3. The quantitative estimate of drug-likeness (QED) is 0.264. The molecule has 0 aliphatic carbocycles. The summed E-state index contributed by atoms with van der Waals surface area (Å²) in [6.07, 6.45) is 4.94. The topological polar surface area (TPSA) is 75.5 Å². The molecule has 0 N–H and O–H groups in total. The number of benzene rings is 1. The van der Waals surface area contributed by atoms with Crippen molar-refractivity contribution in [3.05, 3.63) is 54.4 Å². The van der Waals surface area contributed by atoms with Crippen LogP contribution in [0.15, 0.2) is 48.8 Å². The number of hydrogen-bond acceptors (Lipinski definition) is 6. The molecule has 0 saturated carbocycles. The van der Waals surface area contributed by atoms with Gasteiger partial charge in [-0.3, -0.25) is 0 Å². The Morgan fingerprint density at radius 1 is 1.26 bits per heavy atom. The lowest BCUT2D eigenvalue weighted by atomic mass is 9.99. The summed E-state index contributed by atoms with van der Waals surface area (Å²) in [5.74, 6) is 2.04. The number of aromatic nitrogens is 3. The van der Waals surface area contributed by atoms with Gasteiger partial charge in [0.1, 0.15) is 24.5 Å². The number of hydrogen-bond donors (Lipinski definition) is 0. The smallest absolute Gasteiger partial charge is 0.219 e. The number of ether oxygens (including phenoxy) is 3. The fraction of sp³-hybridized carbons (Fsp3) is 0.348. The molecule has 0 saturated heterocycles. The van der Waals surface area contributed by atoms with Crippen molar-refractivity contribution in [1.82, 2.24) is 14.8 Å². The van der Waals surface area contributed by atoms with Gasteiger partial charge in [-0.2, -0.15) is 5.10 Å². The Labute approximate surface area is 183 Å². The van der Waals surface area contributed by atoms with E-state index in [1.54, 1.807) is 12.4 Å². The highest BCUT2D eigenvalue weighted by Crippen LogP contribution is 2.38. The lowest BCUT2D eigenvalue weighted by Crippen LogP contribution is -2.10. The number of carbonyl (C=O) groups is 1. The number of aldehydes is 1. The average Bonchev–Trinajstić information content (AvgIpc) is 3.39. The second-order valence-electron chi connectivity index (χ2n) is 7.81. The van der Waals surface area contributed by atoms with Crippen molar-refractivity contribution < 1.29 is 19.0 Å². The Morgan fingerprint density at radius 3 is 2.94 bits per heavy atom. The van der Waals surface area contributed by atoms with Crippen molar-refractivity contribution in [2.75, 3.05) is 13.2 Å². The van der Waals surface area contributed by atoms with E-state index in [0.29, 0.717) is 31.4 Å². The minimum Gasteiger partial charge on any atom is -0.492 e. The summed E-state index contributed by atoms with van der Waals surface area (Å²) in [6.45, 7) is 6.27. The van der Waals surface area contributed by atoms with Gasteiger partial charge in [-0.25, -0.2) is 9.67 Å². The van der Waals surface area contributed by atoms with Crippen molar-refractivity contribution in [3.8, 4) is 28.6 Å². The van der Waals surface area contributed by atoms with Gasteiger partial charge < -0.3 is 19.0 Å². The molecule has 1 atom stereocenters. The minimum absolute atomic E-state index is 0.125. The maximum absolute atomic E-state index is 10.8. The Bertz CT molecular complexity index is 1020. The first-order valence-corrected chi connectivity index (χ1v) is 13.1. The highest BCUT2D eigenvalue weighted by Gasteiger charge is 2.24. The van der Waals surface area contributed by atoms with E-state index in [9.17, 15) is 4.79 Å². The summed E-state index contributed by atoms with van der Waals surface area (Å²) in [4.78, 5) is 15.2. The Kier molecular flexibility index (Phi) is 6.78. The SMILES string of the molecule is C[Si](C)CCOCn1nccc1-c1ccc(Oc2ccc3c(c2)OCC3CC=O)nc1. The molecule has 1 aliphatic heterocycles. The molecule has 0 amide bonds. The molecule has 161 valence electrons. The summed E-state index contributed by atoms with van der Waals surface area (Å²) in [5.41, 5.74) is 2.94. The van der Waals surface area contributed by atoms with Crippen LogP contribution < -0.4 is 9.47 Å². The molecule has 0 fully saturated rings. The molecule has 31 heavy (non-hydrogen) atoms. The first-order chi connectivity index (χ1) is 15.1. The monoisotopic (exact) mass is 436 g/mol. The van der Waals surface area contributed by atoms with Crippen molar-refractivity contribution in [1.29, 1.82) is 0 Å². The number of carbonyl (C=O) groups excluding carboxylic acids is 1. The molecule has 0 bridgehead atoms. The van der Waals surface area contributed by atoms with Crippen LogP contribution in [0.1, 0.15) is 17.9 Å². The van der Waals surface area contributed by atoms with Gasteiger partial charge in [0.05, 0.1) is 12.3 Å². The van der Waals surface area contributed by atoms with E-state index in [-0.39, 0.29) is 14.7 Å². The van der Waals surface area contributed by atoms with Crippen LogP contribution in [0.3, 0.4) is 0 Å². The lowest BCUT2D eigenvalue weighted by Gasteiger charge is -2.10. The van der Waals surface area contributed by atoms with Crippen molar-refractivity contribution in [3.63, 3.8) is 0 Å². The zero-order valence-corrected chi connectivity index (χ0v) is 18.8. The molecule has 1 aliphatic rings. The minimum atomic E-state index is -0.276. The summed E-state index contributed by atoms with van der Waals surface area (Å²) in [5, 5.41) is 4.36. The predicted octanol–water partition coefficient (Wildman–Crippen LogP) is 4.53. The molecular formula is C23H26N3O4Si. The van der Waals surface area contributed by atoms with Crippen molar-refractivity contribution in [2.45, 2.75) is 38.2 Å². The van der Waals surface area contributed by atoms with Crippen molar-refractivity contribution >= 4 is 15.1 Å². The highest BCUT2D eigenvalue weighted by molar-refractivity contribution is 6.55. The van der Waals surface area contributed by atoms with Gasteiger partial charge in [0.2, 0.25) is 5.88 Å². The van der Waals surface area contributed by atoms with Crippen LogP contribution in [-0.2, 0) is 16.3 Å². The predicted molar refractivity (Wildman–Crippen MR) is 119 cm³/mol. The fourth-order valence-corrected chi connectivity index (χ4v) is 4.01. The van der Waals surface area contributed by atoms with Gasteiger partial charge in [-0.1, -0.05) is 19.2 Å². The van der Waals surface area contributed by atoms with E-state index in [4.69, 9.17) is 14.2 Å². The van der Waals surface area contributed by atoms with Gasteiger partial charge in [0, 0.05) is 63.4 Å². The molecule has 2 aromatic heterocycles. The van der Waals surface area contributed by atoms with Crippen LogP contribution in [0.5, 0.6) is 17.4 Å². The standard InChI is InChI=1S/C23H26N3O4Si/c1-31(2)12-11-28-16-26-21(7-9-25-26)17-3-6-23(24-14-17)30-19-4-5-20-18(8-10-27)15-29-22(20)13-19/h3-7,9-10,13-14,18H,8,11-12,15-16H2,1-2H3. The van der Waals surface area contributed by atoms with Crippen LogP contribution in [0, 0.1) is 0 Å². The summed E-state index contributed by atoms with van der Waals surface area (Å²) >= 11 is 0. The second-order valence-corrected chi connectivity index (χ2v) is 10.7. The van der Waals surface area contributed by atoms with Crippen LogP contribution in [-0.4, -0.2) is 43.1 Å². The zero-order chi connectivity index (χ0) is 21.6. The Morgan fingerprint density at radius 2 is 2.16 bits per heavy atom. The summed E-state index contributed by atoms with van der Waals surface area (Å²) < 4.78 is 19.2. The molecule has 0 spiro atoms. The van der Waals surface area contributed by atoms with E-state index in [1.807, 2.05) is 41.1 Å². The summed E-state index contributed by atoms with van der Waals surface area (Å²) in [7, 11) is -0.276. The number of pyridine rings is 1. The van der Waals surface area contributed by atoms with E-state index in [1.165, 1.54) is 0 Å².